The molecule has 0 saturated carbocycles. The zero-order valence-corrected chi connectivity index (χ0v) is 7.68. The maximum Gasteiger partial charge on any atom is 0.391 e. The Morgan fingerprint density at radius 2 is 2.07 bits per heavy atom. The van der Waals surface area contributed by atoms with Crippen molar-refractivity contribution in [2.24, 2.45) is 5.73 Å². The number of carbonyl (C=O) groups excluding carboxylic acids is 1. The Morgan fingerprint density at radius 3 is 2.57 bits per heavy atom. The minimum Gasteiger partial charge on any atom is -0.351 e. The molecule has 2 N–H and O–H groups in total. The predicted molar refractivity (Wildman–Crippen MR) is 44.6 cm³/mol. The number of carbonyl (C=O) groups is 1. The van der Waals surface area contributed by atoms with Crippen molar-refractivity contribution in [3.63, 3.8) is 0 Å². The first-order chi connectivity index (χ1) is 6.40. The number of amides is 2. The number of hydrogen-bond donors (Lipinski definition) is 1. The molecule has 0 aromatic rings. The number of halogens is 3. The van der Waals surface area contributed by atoms with Gasteiger partial charge in [0.1, 0.15) is 0 Å². The Hall–Kier alpha value is -0.940. The Morgan fingerprint density at radius 1 is 1.43 bits per heavy atom. The minimum atomic E-state index is -4.23. The highest BCUT2D eigenvalue weighted by molar-refractivity contribution is 5.72. The van der Waals surface area contributed by atoms with Crippen molar-refractivity contribution in [3.8, 4) is 0 Å². The molecule has 1 heterocycles. The molecule has 6 heteroatoms. The minimum absolute atomic E-state index is 0.343. The summed E-state index contributed by atoms with van der Waals surface area (Å²) >= 11 is 0. The van der Waals surface area contributed by atoms with Crippen molar-refractivity contribution < 1.29 is 18.0 Å². The van der Waals surface area contributed by atoms with E-state index in [1.54, 1.807) is 0 Å². The topological polar surface area (TPSA) is 46.3 Å². The van der Waals surface area contributed by atoms with Gasteiger partial charge in [0.05, 0.1) is 6.42 Å². The molecule has 0 aromatic heterocycles. The summed E-state index contributed by atoms with van der Waals surface area (Å²) in [6.07, 6.45) is -3.32. The standard InChI is InChI=1S/C8H13F3N2O/c9-8(10,11)5-6-3-1-2-4-13(6)7(12)14/h6H,1-5H2,(H2,12,14). The third-order valence-corrected chi connectivity index (χ3v) is 2.38. The van der Waals surface area contributed by atoms with Gasteiger partial charge in [0.25, 0.3) is 0 Å². The normalized spacial score (nSPS) is 23.6. The molecule has 0 spiro atoms. The lowest BCUT2D eigenvalue weighted by Crippen LogP contribution is -2.48. The van der Waals surface area contributed by atoms with E-state index in [2.05, 4.69) is 0 Å². The van der Waals surface area contributed by atoms with Crippen molar-refractivity contribution >= 4 is 6.03 Å². The summed E-state index contributed by atoms with van der Waals surface area (Å²) in [6, 6.07) is -1.51. The summed E-state index contributed by atoms with van der Waals surface area (Å²) in [7, 11) is 0. The molecule has 0 bridgehead atoms. The molecule has 3 nitrogen and oxygen atoms in total. The van der Waals surface area contributed by atoms with Gasteiger partial charge in [-0.05, 0) is 19.3 Å². The van der Waals surface area contributed by atoms with Crippen LogP contribution in [0.5, 0.6) is 0 Å². The van der Waals surface area contributed by atoms with Crippen LogP contribution in [-0.4, -0.2) is 29.7 Å². The molecule has 1 saturated heterocycles. The fourth-order valence-electron chi connectivity index (χ4n) is 1.77. The van der Waals surface area contributed by atoms with Gasteiger partial charge in [-0.3, -0.25) is 0 Å². The van der Waals surface area contributed by atoms with E-state index in [1.807, 2.05) is 0 Å². The zero-order chi connectivity index (χ0) is 10.8. The molecular formula is C8H13F3N2O. The van der Waals surface area contributed by atoms with E-state index in [1.165, 1.54) is 0 Å². The number of nitrogens with zero attached hydrogens (tertiary/aromatic N) is 1. The van der Waals surface area contributed by atoms with Crippen LogP contribution in [0.4, 0.5) is 18.0 Å². The summed E-state index contributed by atoms with van der Waals surface area (Å²) in [6.45, 7) is 0.343. The average Bonchev–Trinajstić information content (AvgIpc) is 2.01. The van der Waals surface area contributed by atoms with E-state index in [0.717, 1.165) is 17.7 Å². The number of hydrogen-bond acceptors (Lipinski definition) is 1. The molecule has 14 heavy (non-hydrogen) atoms. The maximum absolute atomic E-state index is 12.1. The van der Waals surface area contributed by atoms with Crippen LogP contribution in [0.25, 0.3) is 0 Å². The van der Waals surface area contributed by atoms with Crippen LogP contribution in [0.1, 0.15) is 25.7 Å². The van der Waals surface area contributed by atoms with Crippen LogP contribution in [0.2, 0.25) is 0 Å². The first kappa shape index (κ1) is 11.1. The number of likely N-dealkylation sites (tertiary alicyclic amines) is 1. The highest BCUT2D eigenvalue weighted by Crippen LogP contribution is 2.28. The monoisotopic (exact) mass is 210 g/mol. The van der Waals surface area contributed by atoms with Gasteiger partial charge in [-0.1, -0.05) is 0 Å². The van der Waals surface area contributed by atoms with Crippen LogP contribution < -0.4 is 5.73 Å². The molecule has 2 amide bonds. The molecule has 0 radical (unpaired) electrons. The fourth-order valence-corrected chi connectivity index (χ4v) is 1.77. The van der Waals surface area contributed by atoms with Crippen LogP contribution in [0.3, 0.4) is 0 Å². The van der Waals surface area contributed by atoms with Crippen molar-refractivity contribution in [2.75, 3.05) is 6.54 Å². The lowest BCUT2D eigenvalue weighted by atomic mass is 10.00. The second-order valence-electron chi connectivity index (χ2n) is 3.50. The van der Waals surface area contributed by atoms with Gasteiger partial charge < -0.3 is 10.6 Å². The van der Waals surface area contributed by atoms with Gasteiger partial charge in [0, 0.05) is 12.6 Å². The number of primary amides is 1. The Kier molecular flexibility index (Phi) is 3.23. The van der Waals surface area contributed by atoms with Crippen molar-refractivity contribution in [3.05, 3.63) is 0 Å². The third-order valence-electron chi connectivity index (χ3n) is 2.38. The van der Waals surface area contributed by atoms with E-state index in [4.69, 9.17) is 5.73 Å². The van der Waals surface area contributed by atoms with Crippen molar-refractivity contribution in [1.82, 2.24) is 4.90 Å². The number of alkyl halides is 3. The first-order valence-electron chi connectivity index (χ1n) is 4.53. The predicted octanol–water partition coefficient (Wildman–Crippen LogP) is 1.87. The molecule has 1 atom stereocenters. The van der Waals surface area contributed by atoms with Gasteiger partial charge in [-0.2, -0.15) is 13.2 Å². The van der Waals surface area contributed by atoms with Crippen molar-refractivity contribution in [2.45, 2.75) is 37.9 Å². The molecule has 0 aliphatic carbocycles. The first-order valence-corrected chi connectivity index (χ1v) is 4.53. The number of piperidine rings is 1. The quantitative estimate of drug-likeness (QED) is 0.705. The Bertz CT molecular complexity index is 217. The van der Waals surface area contributed by atoms with Crippen LogP contribution in [0, 0.1) is 0 Å². The summed E-state index contributed by atoms with van der Waals surface area (Å²) in [5.41, 5.74) is 5.00. The molecular weight excluding hydrogens is 197 g/mol. The SMILES string of the molecule is NC(=O)N1CCCCC1CC(F)(F)F. The molecule has 1 aliphatic heterocycles. The zero-order valence-electron chi connectivity index (χ0n) is 7.68. The summed E-state index contributed by atoms with van der Waals surface area (Å²) in [4.78, 5) is 12.0. The molecule has 1 aliphatic rings. The second kappa shape index (κ2) is 4.06. The maximum atomic E-state index is 12.1. The lowest BCUT2D eigenvalue weighted by molar-refractivity contribution is -0.146. The largest absolute Gasteiger partial charge is 0.391 e. The molecule has 1 unspecified atom stereocenters. The van der Waals surface area contributed by atoms with Crippen molar-refractivity contribution in [1.29, 1.82) is 0 Å². The van der Waals surface area contributed by atoms with E-state index in [-0.39, 0.29) is 0 Å². The third kappa shape index (κ3) is 3.08. The van der Waals surface area contributed by atoms with Gasteiger partial charge in [-0.15, -0.1) is 0 Å². The Balaban J connectivity index is 2.59. The summed E-state index contributed by atoms with van der Waals surface area (Å²) in [5, 5.41) is 0. The van der Waals surface area contributed by atoms with Gasteiger partial charge in [0.15, 0.2) is 0 Å². The second-order valence-corrected chi connectivity index (χ2v) is 3.50. The van der Waals surface area contributed by atoms with Gasteiger partial charge >= 0.3 is 12.2 Å². The lowest BCUT2D eigenvalue weighted by Gasteiger charge is -2.34. The molecule has 1 fully saturated rings. The van der Waals surface area contributed by atoms with Crippen LogP contribution >= 0.6 is 0 Å². The van der Waals surface area contributed by atoms with Crippen LogP contribution in [-0.2, 0) is 0 Å². The molecule has 1 rings (SSSR count). The van der Waals surface area contributed by atoms with E-state index in [9.17, 15) is 18.0 Å². The highest BCUT2D eigenvalue weighted by atomic mass is 19.4. The molecule has 0 aromatic carbocycles. The fraction of sp³-hybridized carbons (Fsp3) is 0.875. The Labute approximate surface area is 80.0 Å². The average molecular weight is 210 g/mol. The number of nitrogens with two attached hydrogens (primary N) is 1. The summed E-state index contributed by atoms with van der Waals surface area (Å²) < 4.78 is 36.3. The summed E-state index contributed by atoms with van der Waals surface area (Å²) in [5.74, 6) is 0. The number of urea groups is 1. The smallest absolute Gasteiger partial charge is 0.351 e. The van der Waals surface area contributed by atoms with Gasteiger partial charge in [-0.25, -0.2) is 4.79 Å². The van der Waals surface area contributed by atoms with Gasteiger partial charge in [0.2, 0.25) is 0 Å². The van der Waals surface area contributed by atoms with Crippen LogP contribution in [0.15, 0.2) is 0 Å². The highest BCUT2D eigenvalue weighted by Gasteiger charge is 2.36. The van der Waals surface area contributed by atoms with E-state index < -0.39 is 24.7 Å². The number of rotatable bonds is 1. The van der Waals surface area contributed by atoms with E-state index >= 15 is 0 Å². The van der Waals surface area contributed by atoms with E-state index in [0.29, 0.717) is 13.0 Å². The molecule has 82 valence electrons.